The molecule has 0 aliphatic heterocycles. The van der Waals surface area contributed by atoms with E-state index < -0.39 is 0 Å². The van der Waals surface area contributed by atoms with Gasteiger partial charge < -0.3 is 0 Å². The fourth-order valence-electron chi connectivity index (χ4n) is 1.43. The molecule has 0 saturated heterocycles. The summed E-state index contributed by atoms with van der Waals surface area (Å²) >= 11 is 5.46. The lowest BCUT2D eigenvalue weighted by Crippen LogP contribution is -2.00. The van der Waals surface area contributed by atoms with Crippen molar-refractivity contribution in [3.05, 3.63) is 35.4 Å². The first kappa shape index (κ1) is 10.3. The highest BCUT2D eigenvalue weighted by Gasteiger charge is 2.30. The first-order valence-corrected chi connectivity index (χ1v) is 5.54. The van der Waals surface area contributed by atoms with Crippen LogP contribution in [0.3, 0.4) is 0 Å². The first-order valence-electron chi connectivity index (χ1n) is 5.00. The van der Waals surface area contributed by atoms with Crippen LogP contribution in [0.5, 0.6) is 0 Å². The third-order valence-electron chi connectivity index (χ3n) is 2.42. The van der Waals surface area contributed by atoms with Crippen LogP contribution >= 0.6 is 11.6 Å². The second-order valence-electron chi connectivity index (χ2n) is 3.65. The lowest BCUT2D eigenvalue weighted by molar-refractivity contribution is 0.0967. The zero-order valence-corrected chi connectivity index (χ0v) is 9.05. The van der Waals surface area contributed by atoms with Crippen molar-refractivity contribution in [1.82, 2.24) is 0 Å². The van der Waals surface area contributed by atoms with Crippen molar-refractivity contribution in [1.29, 1.82) is 0 Å². The van der Waals surface area contributed by atoms with Crippen molar-refractivity contribution in [2.75, 3.05) is 5.88 Å². The van der Waals surface area contributed by atoms with Gasteiger partial charge in [0.1, 0.15) is 0 Å². The Morgan fingerprint density at radius 1 is 1.33 bits per heavy atom. The minimum absolute atomic E-state index is 0.270. The molecule has 0 atom stereocenters. The van der Waals surface area contributed by atoms with Crippen molar-refractivity contribution in [3.63, 3.8) is 0 Å². The zero-order valence-electron chi connectivity index (χ0n) is 8.29. The number of ketones is 1. The van der Waals surface area contributed by atoms with Gasteiger partial charge in [-0.3, -0.25) is 4.79 Å². The molecule has 0 radical (unpaired) electrons. The van der Waals surface area contributed by atoms with Gasteiger partial charge in [0.25, 0.3) is 0 Å². The Labute approximate surface area is 94.4 Å². The number of benzene rings is 1. The molecule has 0 unspecified atom stereocenters. The van der Waals surface area contributed by atoms with Crippen molar-refractivity contribution < 1.29 is 4.79 Å². The standard InChI is InChI=1S/C13H11ClO/c14-9-1-2-10-3-5-11(6-4-10)13(15)12-7-8-12/h3-6,12H,7-9H2. The van der Waals surface area contributed by atoms with E-state index in [2.05, 4.69) is 11.8 Å². The van der Waals surface area contributed by atoms with E-state index in [-0.39, 0.29) is 11.7 Å². The van der Waals surface area contributed by atoms with E-state index in [1.165, 1.54) is 0 Å². The predicted octanol–water partition coefficient (Wildman–Crippen LogP) is 2.87. The van der Waals surface area contributed by atoms with Crippen LogP contribution in [0.4, 0.5) is 0 Å². The highest BCUT2D eigenvalue weighted by atomic mass is 35.5. The molecular formula is C13H11ClO. The van der Waals surface area contributed by atoms with E-state index in [0.717, 1.165) is 24.0 Å². The summed E-state index contributed by atoms with van der Waals surface area (Å²) in [6.07, 6.45) is 2.10. The molecule has 0 spiro atoms. The van der Waals surface area contributed by atoms with Gasteiger partial charge in [0, 0.05) is 17.0 Å². The number of carbonyl (C=O) groups excluding carboxylic acids is 1. The summed E-state index contributed by atoms with van der Waals surface area (Å²) in [6.45, 7) is 0. The Bertz CT molecular complexity index is 418. The Morgan fingerprint density at radius 3 is 2.53 bits per heavy atom. The van der Waals surface area contributed by atoms with Gasteiger partial charge in [-0.05, 0) is 25.0 Å². The third kappa shape index (κ3) is 2.61. The molecule has 1 saturated carbocycles. The second-order valence-corrected chi connectivity index (χ2v) is 3.92. The van der Waals surface area contributed by atoms with Crippen LogP contribution in [0.25, 0.3) is 0 Å². The van der Waals surface area contributed by atoms with Crippen LogP contribution in [0.1, 0.15) is 28.8 Å². The first-order chi connectivity index (χ1) is 7.31. The van der Waals surface area contributed by atoms with E-state index in [9.17, 15) is 4.79 Å². The average molecular weight is 219 g/mol. The SMILES string of the molecule is O=C(c1ccc(C#CCCl)cc1)C1CC1. The van der Waals surface area contributed by atoms with Gasteiger partial charge in [-0.15, -0.1) is 11.6 Å². The zero-order chi connectivity index (χ0) is 10.7. The normalized spacial score (nSPS) is 14.2. The molecule has 15 heavy (non-hydrogen) atoms. The minimum Gasteiger partial charge on any atom is -0.294 e. The van der Waals surface area contributed by atoms with Crippen LogP contribution in [0.2, 0.25) is 0 Å². The molecule has 1 fully saturated rings. The van der Waals surface area contributed by atoms with Gasteiger partial charge in [0.05, 0.1) is 5.88 Å². The van der Waals surface area contributed by atoms with Crippen molar-refractivity contribution in [2.45, 2.75) is 12.8 Å². The predicted molar refractivity (Wildman–Crippen MR) is 61.1 cm³/mol. The monoisotopic (exact) mass is 218 g/mol. The van der Waals surface area contributed by atoms with Crippen LogP contribution in [0, 0.1) is 17.8 Å². The lowest BCUT2D eigenvalue weighted by atomic mass is 10.1. The highest BCUT2D eigenvalue weighted by molar-refractivity contribution is 6.19. The largest absolute Gasteiger partial charge is 0.294 e. The van der Waals surface area contributed by atoms with Gasteiger partial charge in [-0.2, -0.15) is 0 Å². The van der Waals surface area contributed by atoms with Crippen molar-refractivity contribution in [3.8, 4) is 11.8 Å². The maximum Gasteiger partial charge on any atom is 0.165 e. The number of Topliss-reactive ketones (excluding diaryl/α,β-unsaturated/α-hetero) is 1. The molecule has 0 amide bonds. The molecule has 1 aromatic rings. The number of hydrogen-bond acceptors (Lipinski definition) is 1. The minimum atomic E-state index is 0.270. The Morgan fingerprint density at radius 2 is 2.00 bits per heavy atom. The van der Waals surface area contributed by atoms with E-state index in [0.29, 0.717) is 5.88 Å². The number of rotatable bonds is 2. The topological polar surface area (TPSA) is 17.1 Å². The van der Waals surface area contributed by atoms with E-state index in [4.69, 9.17) is 11.6 Å². The van der Waals surface area contributed by atoms with Gasteiger partial charge in [-0.25, -0.2) is 0 Å². The van der Waals surface area contributed by atoms with Crippen LogP contribution in [0.15, 0.2) is 24.3 Å². The second kappa shape index (κ2) is 4.51. The molecule has 1 aliphatic rings. The molecule has 1 aliphatic carbocycles. The van der Waals surface area contributed by atoms with Crippen LogP contribution in [-0.2, 0) is 0 Å². The molecule has 76 valence electrons. The Kier molecular flexibility index (Phi) is 3.08. The molecule has 0 bridgehead atoms. The average Bonchev–Trinajstić information content (AvgIpc) is 3.10. The number of halogens is 1. The van der Waals surface area contributed by atoms with Crippen molar-refractivity contribution in [2.24, 2.45) is 5.92 Å². The van der Waals surface area contributed by atoms with E-state index in [1.54, 1.807) is 0 Å². The molecule has 0 heterocycles. The molecule has 0 N–H and O–H groups in total. The lowest BCUT2D eigenvalue weighted by Gasteiger charge is -1.98. The summed E-state index contributed by atoms with van der Waals surface area (Å²) in [6, 6.07) is 7.43. The summed E-state index contributed by atoms with van der Waals surface area (Å²) in [5, 5.41) is 0. The molecule has 1 nitrogen and oxygen atoms in total. The molecule has 1 aromatic carbocycles. The van der Waals surface area contributed by atoms with Gasteiger partial charge in [0.15, 0.2) is 5.78 Å². The third-order valence-corrected chi connectivity index (χ3v) is 2.55. The maximum absolute atomic E-state index is 11.7. The number of carbonyl (C=O) groups is 1. The number of hydrogen-bond donors (Lipinski definition) is 0. The fraction of sp³-hybridized carbons (Fsp3) is 0.308. The van der Waals surface area contributed by atoms with E-state index in [1.807, 2.05) is 24.3 Å². The summed E-state index contributed by atoms with van der Waals surface area (Å²) in [7, 11) is 0. The van der Waals surface area contributed by atoms with Crippen LogP contribution < -0.4 is 0 Å². The number of alkyl halides is 1. The summed E-state index contributed by atoms with van der Waals surface area (Å²) < 4.78 is 0. The highest BCUT2D eigenvalue weighted by Crippen LogP contribution is 2.32. The smallest absolute Gasteiger partial charge is 0.165 e. The fourth-order valence-corrected chi connectivity index (χ4v) is 1.50. The van der Waals surface area contributed by atoms with Gasteiger partial charge >= 0.3 is 0 Å². The molecule has 0 aromatic heterocycles. The quantitative estimate of drug-likeness (QED) is 0.424. The Hall–Kier alpha value is -1.26. The summed E-state index contributed by atoms with van der Waals surface area (Å²) in [4.78, 5) is 11.7. The van der Waals surface area contributed by atoms with Gasteiger partial charge in [-0.1, -0.05) is 24.0 Å². The molecular weight excluding hydrogens is 208 g/mol. The van der Waals surface area contributed by atoms with Crippen LogP contribution in [-0.4, -0.2) is 11.7 Å². The summed E-state index contributed by atoms with van der Waals surface area (Å²) in [5.41, 5.74) is 1.71. The summed E-state index contributed by atoms with van der Waals surface area (Å²) in [5.74, 6) is 6.58. The molecule has 2 rings (SSSR count). The molecule has 2 heteroatoms. The van der Waals surface area contributed by atoms with Crippen molar-refractivity contribution >= 4 is 17.4 Å². The maximum atomic E-state index is 11.7. The Balaban J connectivity index is 2.12. The van der Waals surface area contributed by atoms with E-state index >= 15 is 0 Å². The van der Waals surface area contributed by atoms with Gasteiger partial charge in [0.2, 0.25) is 0 Å².